The molecule has 0 saturated heterocycles. The number of methoxy groups -OCH3 is 1. The van der Waals surface area contributed by atoms with E-state index in [0.717, 1.165) is 11.1 Å². The van der Waals surface area contributed by atoms with Crippen molar-refractivity contribution in [3.05, 3.63) is 35.4 Å². The molecule has 5 heteroatoms. The lowest BCUT2D eigenvalue weighted by atomic mass is 10.1. The monoisotopic (exact) mass is 245 g/mol. The Labute approximate surface area is 105 Å². The van der Waals surface area contributed by atoms with Gasteiger partial charge in [-0.3, -0.25) is 4.79 Å². The van der Waals surface area contributed by atoms with Gasteiger partial charge < -0.3 is 21.2 Å². The molecule has 0 saturated carbocycles. The third kappa shape index (κ3) is 2.02. The van der Waals surface area contributed by atoms with Crippen LogP contribution in [0.2, 0.25) is 0 Å². The normalized spacial score (nSPS) is 10.3. The molecule has 0 aliphatic rings. The Kier molecular flexibility index (Phi) is 2.97. The Balaban J connectivity index is 2.58. The van der Waals surface area contributed by atoms with Gasteiger partial charge in [0.05, 0.1) is 18.4 Å². The molecule has 0 fully saturated rings. The highest BCUT2D eigenvalue weighted by Crippen LogP contribution is 2.32. The summed E-state index contributed by atoms with van der Waals surface area (Å²) < 4.78 is 5.29. The minimum atomic E-state index is -0.554. The number of aryl methyl sites for hydroxylation is 1. The second-order valence-corrected chi connectivity index (χ2v) is 4.08. The Morgan fingerprint density at radius 2 is 2.06 bits per heavy atom. The van der Waals surface area contributed by atoms with Crippen molar-refractivity contribution in [1.82, 2.24) is 4.98 Å². The van der Waals surface area contributed by atoms with Gasteiger partial charge in [-0.05, 0) is 25.1 Å². The number of anilines is 1. The number of carbonyl (C=O) groups is 1. The number of hydrogen-bond donors (Lipinski definition) is 3. The highest BCUT2D eigenvalue weighted by Gasteiger charge is 2.14. The first-order valence-corrected chi connectivity index (χ1v) is 5.46. The van der Waals surface area contributed by atoms with Gasteiger partial charge in [0.25, 0.3) is 5.91 Å². The molecule has 0 aliphatic carbocycles. The minimum Gasteiger partial charge on any atom is -0.496 e. The quantitative estimate of drug-likeness (QED) is 0.767. The molecule has 1 amide bonds. The number of carbonyl (C=O) groups excluding carboxylic acids is 1. The summed E-state index contributed by atoms with van der Waals surface area (Å²) in [6.45, 7) is 1.98. The second-order valence-electron chi connectivity index (χ2n) is 4.08. The molecule has 5 nitrogen and oxygen atoms in total. The molecule has 0 radical (unpaired) electrons. The number of ether oxygens (including phenoxy) is 1. The van der Waals surface area contributed by atoms with Gasteiger partial charge in [0.2, 0.25) is 0 Å². The van der Waals surface area contributed by atoms with Crippen molar-refractivity contribution in [1.29, 1.82) is 0 Å². The number of primary amides is 1. The van der Waals surface area contributed by atoms with Crippen LogP contribution in [0.3, 0.4) is 0 Å². The largest absolute Gasteiger partial charge is 0.496 e. The Bertz CT molecular complexity index is 602. The highest BCUT2D eigenvalue weighted by atomic mass is 16.5. The van der Waals surface area contributed by atoms with E-state index >= 15 is 0 Å². The number of hydrogen-bond acceptors (Lipinski definition) is 3. The van der Waals surface area contributed by atoms with Crippen LogP contribution in [0.5, 0.6) is 5.75 Å². The number of nitrogens with two attached hydrogens (primary N) is 2. The average Bonchev–Trinajstić information content (AvgIpc) is 2.71. The van der Waals surface area contributed by atoms with E-state index in [2.05, 4.69) is 4.98 Å². The molecule has 0 spiro atoms. The third-order valence-corrected chi connectivity index (χ3v) is 2.76. The van der Waals surface area contributed by atoms with Crippen molar-refractivity contribution in [3.8, 4) is 17.0 Å². The van der Waals surface area contributed by atoms with Gasteiger partial charge in [-0.2, -0.15) is 0 Å². The van der Waals surface area contributed by atoms with Gasteiger partial charge in [-0.15, -0.1) is 0 Å². The van der Waals surface area contributed by atoms with Gasteiger partial charge in [0.1, 0.15) is 11.6 Å². The number of aromatic amines is 1. The van der Waals surface area contributed by atoms with E-state index in [1.165, 1.54) is 0 Å². The lowest BCUT2D eigenvalue weighted by Crippen LogP contribution is -2.11. The zero-order valence-corrected chi connectivity index (χ0v) is 10.3. The van der Waals surface area contributed by atoms with Crippen LogP contribution < -0.4 is 16.2 Å². The molecule has 1 heterocycles. The number of H-pyrrole nitrogens is 1. The lowest BCUT2D eigenvalue weighted by molar-refractivity contribution is 0.100. The summed E-state index contributed by atoms with van der Waals surface area (Å²) in [5.74, 6) is 0.417. The van der Waals surface area contributed by atoms with Crippen molar-refractivity contribution in [2.75, 3.05) is 12.8 Å². The number of rotatable bonds is 3. The maximum absolute atomic E-state index is 11.2. The summed E-state index contributed by atoms with van der Waals surface area (Å²) in [6, 6.07) is 7.40. The van der Waals surface area contributed by atoms with Gasteiger partial charge in [0.15, 0.2) is 0 Å². The van der Waals surface area contributed by atoms with Crippen LogP contribution in [0.15, 0.2) is 24.3 Å². The summed E-state index contributed by atoms with van der Waals surface area (Å²) >= 11 is 0. The number of nitrogens with one attached hydrogen (secondary N) is 1. The molecule has 1 aromatic heterocycles. The van der Waals surface area contributed by atoms with Crippen LogP contribution in [0, 0.1) is 6.92 Å². The highest BCUT2D eigenvalue weighted by molar-refractivity contribution is 5.99. The van der Waals surface area contributed by atoms with E-state index in [4.69, 9.17) is 16.2 Å². The SMILES string of the molecule is COc1ccc(C)cc1-c1cc(C(N)=O)c(N)[nH]1. The molecular weight excluding hydrogens is 230 g/mol. The second kappa shape index (κ2) is 4.44. The maximum Gasteiger partial charge on any atom is 0.252 e. The first-order valence-electron chi connectivity index (χ1n) is 5.46. The van der Waals surface area contributed by atoms with Crippen molar-refractivity contribution < 1.29 is 9.53 Å². The topological polar surface area (TPSA) is 94.1 Å². The minimum absolute atomic E-state index is 0.265. The van der Waals surface area contributed by atoms with Crippen LogP contribution in [0.25, 0.3) is 11.3 Å². The van der Waals surface area contributed by atoms with E-state index in [-0.39, 0.29) is 11.4 Å². The van der Waals surface area contributed by atoms with Gasteiger partial charge in [-0.1, -0.05) is 11.6 Å². The van der Waals surface area contributed by atoms with E-state index < -0.39 is 5.91 Å². The first kappa shape index (κ1) is 12.0. The Morgan fingerprint density at radius 3 is 2.61 bits per heavy atom. The van der Waals surface area contributed by atoms with Gasteiger partial charge in [0, 0.05) is 5.56 Å². The van der Waals surface area contributed by atoms with Crippen LogP contribution in [-0.4, -0.2) is 18.0 Å². The predicted octanol–water partition coefficient (Wildman–Crippen LogP) is 1.68. The molecule has 0 atom stereocenters. The van der Waals surface area contributed by atoms with E-state index in [1.807, 2.05) is 25.1 Å². The molecule has 2 rings (SSSR count). The summed E-state index contributed by atoms with van der Waals surface area (Å²) in [4.78, 5) is 14.1. The van der Waals surface area contributed by atoms with Gasteiger partial charge >= 0.3 is 0 Å². The van der Waals surface area contributed by atoms with Crippen molar-refractivity contribution in [2.24, 2.45) is 5.73 Å². The van der Waals surface area contributed by atoms with Gasteiger partial charge in [-0.25, -0.2) is 0 Å². The number of amides is 1. The van der Waals surface area contributed by atoms with Crippen molar-refractivity contribution in [3.63, 3.8) is 0 Å². The first-order chi connectivity index (χ1) is 8.52. The maximum atomic E-state index is 11.2. The van der Waals surface area contributed by atoms with Crippen LogP contribution >= 0.6 is 0 Å². The molecule has 2 aromatic rings. The summed E-state index contributed by atoms with van der Waals surface area (Å²) in [5.41, 5.74) is 13.9. The fourth-order valence-electron chi connectivity index (χ4n) is 1.85. The fraction of sp³-hybridized carbons (Fsp3) is 0.154. The zero-order valence-electron chi connectivity index (χ0n) is 10.3. The third-order valence-electron chi connectivity index (χ3n) is 2.76. The van der Waals surface area contributed by atoms with Crippen LogP contribution in [0.4, 0.5) is 5.82 Å². The molecule has 94 valence electrons. The smallest absolute Gasteiger partial charge is 0.252 e. The average molecular weight is 245 g/mol. The summed E-state index contributed by atoms with van der Waals surface area (Å²) in [5, 5.41) is 0. The summed E-state index contributed by atoms with van der Waals surface area (Å²) in [6.07, 6.45) is 0. The molecule has 0 bridgehead atoms. The van der Waals surface area contributed by atoms with E-state index in [0.29, 0.717) is 11.4 Å². The summed E-state index contributed by atoms with van der Waals surface area (Å²) in [7, 11) is 1.59. The van der Waals surface area contributed by atoms with Crippen molar-refractivity contribution >= 4 is 11.7 Å². The van der Waals surface area contributed by atoms with Crippen LogP contribution in [-0.2, 0) is 0 Å². The molecule has 0 unspecified atom stereocenters. The Hall–Kier alpha value is -2.43. The Morgan fingerprint density at radius 1 is 1.33 bits per heavy atom. The molecule has 18 heavy (non-hydrogen) atoms. The predicted molar refractivity (Wildman–Crippen MR) is 70.4 cm³/mol. The van der Waals surface area contributed by atoms with E-state index in [9.17, 15) is 4.79 Å². The van der Waals surface area contributed by atoms with E-state index in [1.54, 1.807) is 13.2 Å². The standard InChI is InChI=1S/C13H15N3O2/c1-7-3-4-11(18-2)8(5-7)10-6-9(13(15)17)12(14)16-10/h3-6,16H,14H2,1-2H3,(H2,15,17). The fourth-order valence-corrected chi connectivity index (χ4v) is 1.85. The molecule has 0 aliphatic heterocycles. The van der Waals surface area contributed by atoms with Crippen molar-refractivity contribution in [2.45, 2.75) is 6.92 Å². The zero-order chi connectivity index (χ0) is 13.3. The number of aromatic nitrogens is 1. The molecular formula is C13H15N3O2. The number of benzene rings is 1. The molecule has 1 aromatic carbocycles. The van der Waals surface area contributed by atoms with Crippen LogP contribution in [0.1, 0.15) is 15.9 Å². The molecule has 5 N–H and O–H groups in total. The number of nitrogen functional groups attached to an aromatic ring is 1. The lowest BCUT2D eigenvalue weighted by Gasteiger charge is -2.07.